The van der Waals surface area contributed by atoms with Gasteiger partial charge in [0.1, 0.15) is 5.82 Å². The topological polar surface area (TPSA) is 49.4 Å². The van der Waals surface area contributed by atoms with Crippen molar-refractivity contribution in [1.29, 1.82) is 0 Å². The molecule has 3 aromatic rings. The molecule has 4 rings (SSSR count). The van der Waals surface area contributed by atoms with Crippen LogP contribution in [0.1, 0.15) is 12.8 Å². The number of sulfonamides is 1. The first-order valence-corrected chi connectivity index (χ1v) is 10.5. The van der Waals surface area contributed by atoms with Crippen molar-refractivity contribution in [3.8, 4) is 0 Å². The highest BCUT2D eigenvalue weighted by Crippen LogP contribution is 2.25. The standard InChI is InChI=1S/C21H21FN2O2S/c22-18-6-8-19(9-7-18)23-20-11-13-24(14-12-20)27(25,26)21-10-5-16-3-1-2-4-17(16)15-21/h1-10,15,20,23H,11-14H2. The summed E-state index contributed by atoms with van der Waals surface area (Å²) in [6.45, 7) is 0.933. The zero-order chi connectivity index (χ0) is 18.9. The van der Waals surface area contributed by atoms with Gasteiger partial charge < -0.3 is 5.32 Å². The number of hydrogen-bond acceptors (Lipinski definition) is 3. The van der Waals surface area contributed by atoms with Gasteiger partial charge in [-0.2, -0.15) is 4.31 Å². The molecule has 3 aromatic carbocycles. The predicted molar refractivity (Wildman–Crippen MR) is 106 cm³/mol. The van der Waals surface area contributed by atoms with Crippen LogP contribution >= 0.6 is 0 Å². The number of fused-ring (bicyclic) bond motifs is 1. The Balaban J connectivity index is 1.45. The Hall–Kier alpha value is -2.44. The van der Waals surface area contributed by atoms with E-state index in [-0.39, 0.29) is 11.9 Å². The molecule has 0 saturated carbocycles. The van der Waals surface area contributed by atoms with E-state index in [1.54, 1.807) is 28.6 Å². The fourth-order valence-corrected chi connectivity index (χ4v) is 5.00. The van der Waals surface area contributed by atoms with E-state index in [9.17, 15) is 12.8 Å². The van der Waals surface area contributed by atoms with Gasteiger partial charge in [0, 0.05) is 24.8 Å². The first-order chi connectivity index (χ1) is 13.0. The number of hydrogen-bond donors (Lipinski definition) is 1. The molecule has 1 aliphatic rings. The molecular formula is C21H21FN2O2S. The zero-order valence-corrected chi connectivity index (χ0v) is 15.6. The highest BCUT2D eigenvalue weighted by Gasteiger charge is 2.29. The minimum atomic E-state index is -3.50. The summed E-state index contributed by atoms with van der Waals surface area (Å²) >= 11 is 0. The number of nitrogens with zero attached hydrogens (tertiary/aromatic N) is 1. The summed E-state index contributed by atoms with van der Waals surface area (Å²) in [7, 11) is -3.50. The van der Waals surface area contributed by atoms with Gasteiger partial charge in [0.05, 0.1) is 4.90 Å². The molecule has 0 radical (unpaired) electrons. The molecule has 140 valence electrons. The second-order valence-corrected chi connectivity index (χ2v) is 8.78. The number of rotatable bonds is 4. The van der Waals surface area contributed by atoms with Gasteiger partial charge >= 0.3 is 0 Å². The van der Waals surface area contributed by atoms with Crippen molar-refractivity contribution >= 4 is 26.5 Å². The Kier molecular flexibility index (Phi) is 4.85. The van der Waals surface area contributed by atoms with Gasteiger partial charge in [-0.25, -0.2) is 12.8 Å². The molecule has 1 fully saturated rings. The van der Waals surface area contributed by atoms with E-state index in [1.807, 2.05) is 30.3 Å². The summed E-state index contributed by atoms with van der Waals surface area (Å²) in [6, 6.07) is 19.4. The fourth-order valence-electron chi connectivity index (χ4n) is 3.50. The molecule has 0 aromatic heterocycles. The third-order valence-corrected chi connectivity index (χ3v) is 6.92. The third-order valence-electron chi connectivity index (χ3n) is 5.03. The molecule has 0 spiro atoms. The summed E-state index contributed by atoms with van der Waals surface area (Å²) < 4.78 is 40.6. The quantitative estimate of drug-likeness (QED) is 0.732. The van der Waals surface area contributed by atoms with Crippen LogP contribution < -0.4 is 5.32 Å². The number of anilines is 1. The van der Waals surface area contributed by atoms with Crippen molar-refractivity contribution in [3.63, 3.8) is 0 Å². The summed E-state index contributed by atoms with van der Waals surface area (Å²) in [4.78, 5) is 0.339. The fraction of sp³-hybridized carbons (Fsp3) is 0.238. The molecule has 1 saturated heterocycles. The lowest BCUT2D eigenvalue weighted by atomic mass is 10.1. The van der Waals surface area contributed by atoms with Crippen LogP contribution in [0.5, 0.6) is 0 Å². The molecule has 1 heterocycles. The lowest BCUT2D eigenvalue weighted by molar-refractivity contribution is 0.330. The lowest BCUT2D eigenvalue weighted by Gasteiger charge is -2.32. The molecule has 4 nitrogen and oxygen atoms in total. The normalized spacial score (nSPS) is 16.5. The van der Waals surface area contributed by atoms with Crippen LogP contribution in [0.3, 0.4) is 0 Å². The summed E-state index contributed by atoms with van der Waals surface area (Å²) in [5.41, 5.74) is 0.854. The highest BCUT2D eigenvalue weighted by molar-refractivity contribution is 7.89. The van der Waals surface area contributed by atoms with E-state index in [0.717, 1.165) is 16.5 Å². The predicted octanol–water partition coefficient (Wildman–Crippen LogP) is 4.24. The molecule has 1 N–H and O–H groups in total. The van der Waals surface area contributed by atoms with Crippen molar-refractivity contribution in [2.75, 3.05) is 18.4 Å². The van der Waals surface area contributed by atoms with Crippen LogP contribution in [0.25, 0.3) is 10.8 Å². The largest absolute Gasteiger partial charge is 0.382 e. The maximum Gasteiger partial charge on any atom is 0.243 e. The molecule has 0 bridgehead atoms. The van der Waals surface area contributed by atoms with Crippen LogP contribution in [0, 0.1) is 5.82 Å². The van der Waals surface area contributed by atoms with Crippen LogP contribution in [0.4, 0.5) is 10.1 Å². The van der Waals surface area contributed by atoms with E-state index in [2.05, 4.69) is 5.32 Å². The molecule has 1 aliphatic heterocycles. The van der Waals surface area contributed by atoms with Crippen molar-refractivity contribution in [1.82, 2.24) is 4.31 Å². The van der Waals surface area contributed by atoms with E-state index in [1.165, 1.54) is 12.1 Å². The minimum Gasteiger partial charge on any atom is -0.382 e. The number of halogens is 1. The smallest absolute Gasteiger partial charge is 0.243 e. The molecule has 0 aliphatic carbocycles. The molecular weight excluding hydrogens is 363 g/mol. The molecule has 0 atom stereocenters. The lowest BCUT2D eigenvalue weighted by Crippen LogP contribution is -2.42. The van der Waals surface area contributed by atoms with Crippen LogP contribution in [0.2, 0.25) is 0 Å². The summed E-state index contributed by atoms with van der Waals surface area (Å²) in [5, 5.41) is 5.31. The van der Waals surface area contributed by atoms with Crippen molar-refractivity contribution in [2.45, 2.75) is 23.8 Å². The maximum absolute atomic E-state index is 13.0. The zero-order valence-electron chi connectivity index (χ0n) is 14.8. The van der Waals surface area contributed by atoms with Gasteiger partial charge in [-0.15, -0.1) is 0 Å². The van der Waals surface area contributed by atoms with Gasteiger partial charge in [0.25, 0.3) is 0 Å². The van der Waals surface area contributed by atoms with Gasteiger partial charge in [-0.05, 0) is 60.0 Å². The van der Waals surface area contributed by atoms with Crippen molar-refractivity contribution in [2.24, 2.45) is 0 Å². The Bertz CT molecular complexity index is 1040. The van der Waals surface area contributed by atoms with Crippen LogP contribution in [0.15, 0.2) is 71.6 Å². The summed E-state index contributed by atoms with van der Waals surface area (Å²) in [6.07, 6.45) is 1.42. The van der Waals surface area contributed by atoms with E-state index < -0.39 is 10.0 Å². The van der Waals surface area contributed by atoms with Gasteiger partial charge in [0.15, 0.2) is 0 Å². The van der Waals surface area contributed by atoms with E-state index >= 15 is 0 Å². The second kappa shape index (κ2) is 7.29. The molecule has 27 heavy (non-hydrogen) atoms. The van der Waals surface area contributed by atoms with Crippen molar-refractivity contribution in [3.05, 3.63) is 72.5 Å². The van der Waals surface area contributed by atoms with Gasteiger partial charge in [-0.3, -0.25) is 0 Å². The number of piperidine rings is 1. The molecule has 6 heteroatoms. The Morgan fingerprint density at radius 1 is 0.889 bits per heavy atom. The van der Waals surface area contributed by atoms with E-state index in [4.69, 9.17) is 0 Å². The number of benzene rings is 3. The highest BCUT2D eigenvalue weighted by atomic mass is 32.2. The Morgan fingerprint density at radius 2 is 1.56 bits per heavy atom. The van der Waals surface area contributed by atoms with Gasteiger partial charge in [-0.1, -0.05) is 30.3 Å². The third kappa shape index (κ3) is 3.82. The summed E-state index contributed by atoms with van der Waals surface area (Å²) in [5.74, 6) is -0.267. The Morgan fingerprint density at radius 3 is 2.26 bits per heavy atom. The van der Waals surface area contributed by atoms with E-state index in [0.29, 0.717) is 30.8 Å². The minimum absolute atomic E-state index is 0.179. The average Bonchev–Trinajstić information content (AvgIpc) is 2.70. The van der Waals surface area contributed by atoms with Gasteiger partial charge in [0.2, 0.25) is 10.0 Å². The second-order valence-electron chi connectivity index (χ2n) is 6.84. The Labute approximate surface area is 158 Å². The van der Waals surface area contributed by atoms with Crippen LogP contribution in [-0.2, 0) is 10.0 Å². The number of nitrogens with one attached hydrogen (secondary N) is 1. The first-order valence-electron chi connectivity index (χ1n) is 9.03. The molecule has 0 amide bonds. The van der Waals surface area contributed by atoms with Crippen LogP contribution in [-0.4, -0.2) is 31.9 Å². The molecule has 0 unspecified atom stereocenters. The maximum atomic E-state index is 13.0. The average molecular weight is 384 g/mol. The first kappa shape index (κ1) is 17.9. The SMILES string of the molecule is O=S(=O)(c1ccc2ccccc2c1)N1CCC(Nc2ccc(F)cc2)CC1. The monoisotopic (exact) mass is 384 g/mol. The van der Waals surface area contributed by atoms with Crippen molar-refractivity contribution < 1.29 is 12.8 Å².